The molecule has 18 heavy (non-hydrogen) atoms. The SMILES string of the molecule is CCOC(=O)/C=C/C(=C/c1ccccc1)C(C)C. The fourth-order valence-corrected chi connectivity index (χ4v) is 1.50. The van der Waals surface area contributed by atoms with Gasteiger partial charge in [-0.25, -0.2) is 4.79 Å². The molecule has 1 aromatic rings. The molecule has 2 nitrogen and oxygen atoms in total. The van der Waals surface area contributed by atoms with Gasteiger partial charge in [0.2, 0.25) is 0 Å². The van der Waals surface area contributed by atoms with Crippen molar-refractivity contribution in [2.75, 3.05) is 6.61 Å². The number of benzene rings is 1. The van der Waals surface area contributed by atoms with Crippen LogP contribution in [0.3, 0.4) is 0 Å². The van der Waals surface area contributed by atoms with E-state index >= 15 is 0 Å². The molecule has 2 heteroatoms. The molecule has 0 aliphatic rings. The van der Waals surface area contributed by atoms with E-state index in [4.69, 9.17) is 4.74 Å². The summed E-state index contributed by atoms with van der Waals surface area (Å²) in [6.07, 6.45) is 5.40. The number of ether oxygens (including phenoxy) is 1. The molecule has 0 aliphatic heterocycles. The van der Waals surface area contributed by atoms with Crippen molar-refractivity contribution in [3.63, 3.8) is 0 Å². The minimum absolute atomic E-state index is 0.294. The summed E-state index contributed by atoms with van der Waals surface area (Å²) in [6, 6.07) is 10.1. The molecule has 0 N–H and O–H groups in total. The number of carbonyl (C=O) groups excluding carboxylic acids is 1. The summed E-state index contributed by atoms with van der Waals surface area (Å²) in [4.78, 5) is 11.3. The van der Waals surface area contributed by atoms with Gasteiger partial charge in [-0.15, -0.1) is 0 Å². The highest BCUT2D eigenvalue weighted by atomic mass is 16.5. The van der Waals surface area contributed by atoms with E-state index in [1.54, 1.807) is 6.92 Å². The lowest BCUT2D eigenvalue weighted by molar-refractivity contribution is -0.137. The molecular weight excluding hydrogens is 224 g/mol. The lowest BCUT2D eigenvalue weighted by Gasteiger charge is -2.06. The van der Waals surface area contributed by atoms with Crippen molar-refractivity contribution in [1.29, 1.82) is 0 Å². The van der Waals surface area contributed by atoms with Crippen molar-refractivity contribution in [3.8, 4) is 0 Å². The Morgan fingerprint density at radius 3 is 2.44 bits per heavy atom. The number of rotatable bonds is 5. The second-order valence-corrected chi connectivity index (χ2v) is 4.30. The molecule has 0 fully saturated rings. The van der Waals surface area contributed by atoms with E-state index in [1.807, 2.05) is 36.4 Å². The van der Waals surface area contributed by atoms with E-state index in [-0.39, 0.29) is 5.97 Å². The molecule has 0 atom stereocenters. The monoisotopic (exact) mass is 244 g/mol. The number of esters is 1. The molecule has 0 saturated heterocycles. The molecule has 0 radical (unpaired) electrons. The molecule has 0 heterocycles. The van der Waals surface area contributed by atoms with E-state index in [2.05, 4.69) is 19.9 Å². The molecule has 0 aliphatic carbocycles. The first-order valence-electron chi connectivity index (χ1n) is 6.25. The Labute approximate surface area is 109 Å². The van der Waals surface area contributed by atoms with Gasteiger partial charge in [-0.1, -0.05) is 56.3 Å². The highest BCUT2D eigenvalue weighted by Crippen LogP contribution is 2.16. The van der Waals surface area contributed by atoms with Crippen molar-refractivity contribution in [3.05, 3.63) is 53.6 Å². The Hall–Kier alpha value is -1.83. The van der Waals surface area contributed by atoms with Crippen LogP contribution in [0.5, 0.6) is 0 Å². The Morgan fingerprint density at radius 2 is 1.89 bits per heavy atom. The third-order valence-electron chi connectivity index (χ3n) is 2.50. The molecule has 0 amide bonds. The maximum Gasteiger partial charge on any atom is 0.330 e. The van der Waals surface area contributed by atoms with Gasteiger partial charge in [-0.05, 0) is 24.0 Å². The molecular formula is C16H20O2. The first kappa shape index (κ1) is 14.2. The van der Waals surface area contributed by atoms with Crippen molar-refractivity contribution in [2.24, 2.45) is 5.92 Å². The van der Waals surface area contributed by atoms with Gasteiger partial charge in [-0.3, -0.25) is 0 Å². The summed E-state index contributed by atoms with van der Waals surface area (Å²) in [7, 11) is 0. The predicted molar refractivity (Wildman–Crippen MR) is 75.0 cm³/mol. The van der Waals surface area contributed by atoms with Gasteiger partial charge in [0.1, 0.15) is 0 Å². The average molecular weight is 244 g/mol. The van der Waals surface area contributed by atoms with Crippen LogP contribution in [0.2, 0.25) is 0 Å². The second kappa shape index (κ2) is 7.49. The zero-order valence-corrected chi connectivity index (χ0v) is 11.2. The number of allylic oxidation sites excluding steroid dienone is 2. The van der Waals surface area contributed by atoms with Gasteiger partial charge < -0.3 is 4.74 Å². The minimum Gasteiger partial charge on any atom is -0.463 e. The molecule has 1 aromatic carbocycles. The third-order valence-corrected chi connectivity index (χ3v) is 2.50. The van der Waals surface area contributed by atoms with Crippen molar-refractivity contribution in [1.82, 2.24) is 0 Å². The molecule has 96 valence electrons. The van der Waals surface area contributed by atoms with Gasteiger partial charge in [-0.2, -0.15) is 0 Å². The first-order chi connectivity index (χ1) is 8.63. The van der Waals surface area contributed by atoms with Crippen molar-refractivity contribution in [2.45, 2.75) is 20.8 Å². The normalized spacial score (nSPS) is 12.1. The smallest absolute Gasteiger partial charge is 0.330 e. The predicted octanol–water partition coefficient (Wildman–Crippen LogP) is 3.85. The van der Waals surface area contributed by atoms with Crippen LogP contribution in [0, 0.1) is 5.92 Å². The fraction of sp³-hybridized carbons (Fsp3) is 0.312. The van der Waals surface area contributed by atoms with Crippen LogP contribution >= 0.6 is 0 Å². The molecule has 0 bridgehead atoms. The molecule has 0 unspecified atom stereocenters. The van der Waals surface area contributed by atoms with Crippen molar-refractivity contribution >= 4 is 12.0 Å². The lowest BCUT2D eigenvalue weighted by Crippen LogP contribution is -2.00. The summed E-state index contributed by atoms with van der Waals surface area (Å²) >= 11 is 0. The maximum absolute atomic E-state index is 11.3. The quantitative estimate of drug-likeness (QED) is 0.447. The average Bonchev–Trinajstić information content (AvgIpc) is 2.35. The maximum atomic E-state index is 11.3. The molecule has 0 aromatic heterocycles. The van der Waals surface area contributed by atoms with Crippen LogP contribution in [-0.2, 0) is 9.53 Å². The summed E-state index contributed by atoms with van der Waals surface area (Å²) in [5.41, 5.74) is 2.24. The van der Waals surface area contributed by atoms with Crippen LogP contribution in [-0.4, -0.2) is 12.6 Å². The molecule has 0 saturated carbocycles. The molecule has 1 rings (SSSR count). The van der Waals surface area contributed by atoms with E-state index < -0.39 is 0 Å². The largest absolute Gasteiger partial charge is 0.463 e. The van der Waals surface area contributed by atoms with Crippen LogP contribution in [0.15, 0.2) is 48.1 Å². The second-order valence-electron chi connectivity index (χ2n) is 4.30. The van der Waals surface area contributed by atoms with Gasteiger partial charge in [0.25, 0.3) is 0 Å². The van der Waals surface area contributed by atoms with Crippen LogP contribution in [0.25, 0.3) is 6.08 Å². The van der Waals surface area contributed by atoms with Crippen molar-refractivity contribution < 1.29 is 9.53 Å². The Bertz CT molecular complexity index is 428. The summed E-state index contributed by atoms with van der Waals surface area (Å²) in [6.45, 7) is 6.41. The fourth-order valence-electron chi connectivity index (χ4n) is 1.50. The van der Waals surface area contributed by atoms with E-state index in [0.717, 1.165) is 11.1 Å². The highest BCUT2D eigenvalue weighted by Gasteiger charge is 2.01. The van der Waals surface area contributed by atoms with E-state index in [1.165, 1.54) is 6.08 Å². The van der Waals surface area contributed by atoms with Gasteiger partial charge in [0.15, 0.2) is 0 Å². The van der Waals surface area contributed by atoms with E-state index in [0.29, 0.717) is 12.5 Å². The number of hydrogen-bond donors (Lipinski definition) is 0. The highest BCUT2D eigenvalue weighted by molar-refractivity contribution is 5.82. The standard InChI is InChI=1S/C16H20O2/c1-4-18-16(17)11-10-15(13(2)3)12-14-8-6-5-7-9-14/h5-13H,4H2,1-3H3/b11-10+,15-12-. The zero-order chi connectivity index (χ0) is 13.4. The van der Waals surface area contributed by atoms with E-state index in [9.17, 15) is 4.79 Å². The van der Waals surface area contributed by atoms with Crippen LogP contribution in [0.1, 0.15) is 26.3 Å². The van der Waals surface area contributed by atoms with Gasteiger partial charge >= 0.3 is 5.97 Å². The Balaban J connectivity index is 2.84. The third kappa shape index (κ3) is 5.00. The van der Waals surface area contributed by atoms with Crippen LogP contribution < -0.4 is 0 Å². The minimum atomic E-state index is -0.294. The summed E-state index contributed by atoms with van der Waals surface area (Å²) < 4.78 is 4.87. The Morgan fingerprint density at radius 1 is 1.22 bits per heavy atom. The summed E-state index contributed by atoms with van der Waals surface area (Å²) in [5, 5.41) is 0. The summed E-state index contributed by atoms with van der Waals surface area (Å²) in [5.74, 6) is 0.0630. The van der Waals surface area contributed by atoms with Gasteiger partial charge in [0, 0.05) is 6.08 Å². The molecule has 0 spiro atoms. The zero-order valence-electron chi connectivity index (χ0n) is 11.2. The first-order valence-corrected chi connectivity index (χ1v) is 6.25. The lowest BCUT2D eigenvalue weighted by atomic mass is 10.00. The van der Waals surface area contributed by atoms with Gasteiger partial charge in [0.05, 0.1) is 6.61 Å². The topological polar surface area (TPSA) is 26.3 Å². The Kier molecular flexibility index (Phi) is 5.92. The number of hydrogen-bond acceptors (Lipinski definition) is 2. The van der Waals surface area contributed by atoms with Crippen LogP contribution in [0.4, 0.5) is 0 Å². The number of carbonyl (C=O) groups is 1.